The van der Waals surface area contributed by atoms with Gasteiger partial charge in [0.15, 0.2) is 11.7 Å². The van der Waals surface area contributed by atoms with Crippen molar-refractivity contribution in [3.05, 3.63) is 64.2 Å². The average molecular weight is 407 g/mol. The number of benzene rings is 2. The van der Waals surface area contributed by atoms with Gasteiger partial charge in [0.1, 0.15) is 17.1 Å². The van der Waals surface area contributed by atoms with E-state index in [1.807, 2.05) is 0 Å². The van der Waals surface area contributed by atoms with Gasteiger partial charge in [0.25, 0.3) is 5.91 Å². The van der Waals surface area contributed by atoms with Gasteiger partial charge >= 0.3 is 5.97 Å². The van der Waals surface area contributed by atoms with E-state index in [4.69, 9.17) is 16.3 Å². The predicted octanol–water partition coefficient (Wildman–Crippen LogP) is 4.10. The fraction of sp³-hybridized carbons (Fsp3) is 0.0556. The number of aromatic nitrogens is 1. The van der Waals surface area contributed by atoms with Crippen molar-refractivity contribution < 1.29 is 23.8 Å². The lowest BCUT2D eigenvalue weighted by molar-refractivity contribution is -0.119. The van der Waals surface area contributed by atoms with Crippen molar-refractivity contribution in [2.24, 2.45) is 0 Å². The van der Waals surface area contributed by atoms with Crippen LogP contribution >= 0.6 is 22.9 Å². The van der Waals surface area contributed by atoms with Crippen molar-refractivity contribution >= 4 is 39.9 Å². The number of ether oxygens (including phenoxy) is 1. The second-order valence-corrected chi connectivity index (χ2v) is 6.63. The van der Waals surface area contributed by atoms with Crippen LogP contribution in [0.4, 0.5) is 9.52 Å². The number of anilines is 1. The summed E-state index contributed by atoms with van der Waals surface area (Å²) in [4.78, 5) is 28.1. The quantitative estimate of drug-likeness (QED) is 0.622. The summed E-state index contributed by atoms with van der Waals surface area (Å²) < 4.78 is 17.8. The number of carbonyl (C=O) groups excluding carboxylic acids is 2. The third kappa shape index (κ3) is 4.81. The minimum atomic E-state index is -0.878. The first-order valence-electron chi connectivity index (χ1n) is 7.59. The third-order valence-corrected chi connectivity index (χ3v) is 4.40. The number of hydrogen-bond acceptors (Lipinski definition) is 6. The zero-order valence-corrected chi connectivity index (χ0v) is 15.2. The van der Waals surface area contributed by atoms with E-state index in [-0.39, 0.29) is 22.2 Å². The molecule has 0 fully saturated rings. The molecule has 27 heavy (non-hydrogen) atoms. The molecule has 2 N–H and O–H groups in total. The van der Waals surface area contributed by atoms with Crippen LogP contribution in [-0.2, 0) is 9.53 Å². The Labute approximate surface area is 162 Å². The molecule has 0 aliphatic rings. The molecular weight excluding hydrogens is 395 g/mol. The van der Waals surface area contributed by atoms with E-state index in [0.717, 1.165) is 0 Å². The number of esters is 1. The molecule has 0 bridgehead atoms. The highest BCUT2D eigenvalue weighted by Crippen LogP contribution is 2.25. The Morgan fingerprint density at radius 3 is 2.70 bits per heavy atom. The number of rotatable bonds is 5. The van der Waals surface area contributed by atoms with Gasteiger partial charge in [0.2, 0.25) is 0 Å². The van der Waals surface area contributed by atoms with Crippen molar-refractivity contribution in [1.82, 2.24) is 4.98 Å². The Balaban J connectivity index is 1.57. The first-order chi connectivity index (χ1) is 12.9. The smallest absolute Gasteiger partial charge is 0.342 e. The maximum absolute atomic E-state index is 13.0. The molecule has 1 aromatic heterocycles. The molecule has 3 aromatic rings. The maximum Gasteiger partial charge on any atom is 0.342 e. The summed E-state index contributed by atoms with van der Waals surface area (Å²) in [5.74, 6) is -2.12. The Morgan fingerprint density at radius 1 is 1.22 bits per heavy atom. The first kappa shape index (κ1) is 18.8. The normalized spacial score (nSPS) is 10.4. The number of carbonyl (C=O) groups is 2. The van der Waals surface area contributed by atoms with Crippen molar-refractivity contribution in [3.8, 4) is 17.0 Å². The van der Waals surface area contributed by atoms with Gasteiger partial charge in [0.05, 0.1) is 5.69 Å². The number of aromatic hydroxyl groups is 1. The number of nitrogens with zero attached hydrogens (tertiary/aromatic N) is 1. The van der Waals surface area contributed by atoms with E-state index in [0.29, 0.717) is 16.4 Å². The van der Waals surface area contributed by atoms with Gasteiger partial charge in [-0.05, 0) is 42.5 Å². The molecule has 1 amide bonds. The van der Waals surface area contributed by atoms with Crippen LogP contribution in [0.2, 0.25) is 5.02 Å². The number of thiazole rings is 1. The monoisotopic (exact) mass is 406 g/mol. The van der Waals surface area contributed by atoms with Crippen LogP contribution in [0.1, 0.15) is 10.4 Å². The molecule has 0 spiro atoms. The van der Waals surface area contributed by atoms with E-state index in [2.05, 4.69) is 10.3 Å². The largest absolute Gasteiger partial charge is 0.507 e. The number of nitrogens with one attached hydrogen (secondary N) is 1. The Hall–Kier alpha value is -2.97. The van der Waals surface area contributed by atoms with Gasteiger partial charge in [-0.15, -0.1) is 11.3 Å². The molecule has 0 aliphatic carbocycles. The molecule has 0 atom stereocenters. The molecule has 138 valence electrons. The number of amides is 1. The predicted molar refractivity (Wildman–Crippen MR) is 99.5 cm³/mol. The fourth-order valence-corrected chi connectivity index (χ4v) is 3.03. The van der Waals surface area contributed by atoms with E-state index in [9.17, 15) is 19.1 Å². The maximum atomic E-state index is 13.0. The summed E-state index contributed by atoms with van der Waals surface area (Å²) in [7, 11) is 0. The first-order valence-corrected chi connectivity index (χ1v) is 8.85. The molecule has 6 nitrogen and oxygen atoms in total. The SMILES string of the molecule is O=C(COC(=O)c1cc(Cl)ccc1O)Nc1nc(-c2ccc(F)cc2)cs1. The highest BCUT2D eigenvalue weighted by molar-refractivity contribution is 7.14. The van der Waals surface area contributed by atoms with Gasteiger partial charge in [-0.25, -0.2) is 14.2 Å². The summed E-state index contributed by atoms with van der Waals surface area (Å²) in [5, 5.41) is 14.4. The topological polar surface area (TPSA) is 88.5 Å². The average Bonchev–Trinajstić information content (AvgIpc) is 3.10. The zero-order valence-electron chi connectivity index (χ0n) is 13.6. The summed E-state index contributed by atoms with van der Waals surface area (Å²) in [5.41, 5.74) is 1.15. The number of phenolic OH excluding ortho intramolecular Hbond substituents is 1. The van der Waals surface area contributed by atoms with Crippen molar-refractivity contribution in [2.45, 2.75) is 0 Å². The molecule has 2 aromatic carbocycles. The van der Waals surface area contributed by atoms with Gasteiger partial charge in [-0.3, -0.25) is 10.1 Å². The zero-order chi connectivity index (χ0) is 19.4. The Morgan fingerprint density at radius 2 is 1.96 bits per heavy atom. The van der Waals surface area contributed by atoms with Crippen LogP contribution < -0.4 is 5.32 Å². The Kier molecular flexibility index (Phi) is 5.68. The highest BCUT2D eigenvalue weighted by atomic mass is 35.5. The lowest BCUT2D eigenvalue weighted by Gasteiger charge is -2.06. The van der Waals surface area contributed by atoms with Crippen LogP contribution in [0.15, 0.2) is 47.8 Å². The molecular formula is C18H12ClFN2O4S. The second kappa shape index (κ2) is 8.15. The molecule has 9 heteroatoms. The molecule has 0 unspecified atom stereocenters. The minimum Gasteiger partial charge on any atom is -0.507 e. The molecule has 0 saturated carbocycles. The molecule has 3 rings (SSSR count). The van der Waals surface area contributed by atoms with Gasteiger partial charge < -0.3 is 9.84 Å². The van der Waals surface area contributed by atoms with Crippen LogP contribution in [0.3, 0.4) is 0 Å². The molecule has 0 aliphatic heterocycles. The van der Waals surface area contributed by atoms with E-state index in [1.165, 1.54) is 41.7 Å². The summed E-state index contributed by atoms with van der Waals surface area (Å²) in [6.45, 7) is -0.559. The summed E-state index contributed by atoms with van der Waals surface area (Å²) in [6, 6.07) is 9.71. The van der Waals surface area contributed by atoms with Crippen LogP contribution in [0.25, 0.3) is 11.3 Å². The van der Waals surface area contributed by atoms with Gasteiger partial charge in [-0.1, -0.05) is 11.6 Å². The van der Waals surface area contributed by atoms with E-state index >= 15 is 0 Å². The fourth-order valence-electron chi connectivity index (χ4n) is 2.12. The second-order valence-electron chi connectivity index (χ2n) is 5.33. The van der Waals surface area contributed by atoms with Gasteiger partial charge in [-0.2, -0.15) is 0 Å². The number of halogens is 2. The van der Waals surface area contributed by atoms with E-state index < -0.39 is 18.5 Å². The number of hydrogen-bond donors (Lipinski definition) is 2. The lowest BCUT2D eigenvalue weighted by atomic mass is 10.2. The van der Waals surface area contributed by atoms with Crippen molar-refractivity contribution in [1.29, 1.82) is 0 Å². The van der Waals surface area contributed by atoms with Crippen LogP contribution in [-0.4, -0.2) is 28.6 Å². The third-order valence-electron chi connectivity index (χ3n) is 3.40. The van der Waals surface area contributed by atoms with Crippen LogP contribution in [0.5, 0.6) is 5.75 Å². The summed E-state index contributed by atoms with van der Waals surface area (Å²) in [6.07, 6.45) is 0. The van der Waals surface area contributed by atoms with Gasteiger partial charge in [0, 0.05) is 16.0 Å². The van der Waals surface area contributed by atoms with E-state index in [1.54, 1.807) is 17.5 Å². The molecule has 0 radical (unpaired) electrons. The van der Waals surface area contributed by atoms with Crippen molar-refractivity contribution in [2.75, 3.05) is 11.9 Å². The minimum absolute atomic E-state index is 0.136. The Bertz CT molecular complexity index is 991. The number of phenols is 1. The van der Waals surface area contributed by atoms with Crippen molar-refractivity contribution in [3.63, 3.8) is 0 Å². The lowest BCUT2D eigenvalue weighted by Crippen LogP contribution is -2.20. The molecule has 0 saturated heterocycles. The highest BCUT2D eigenvalue weighted by Gasteiger charge is 2.16. The summed E-state index contributed by atoms with van der Waals surface area (Å²) >= 11 is 6.94. The standard InChI is InChI=1S/C18H12ClFN2O4S/c19-11-3-6-15(23)13(7-11)17(25)26-8-16(24)22-18-21-14(9-27-18)10-1-4-12(20)5-2-10/h1-7,9,23H,8H2,(H,21,22,24). The van der Waals surface area contributed by atoms with Crippen LogP contribution in [0, 0.1) is 5.82 Å². The molecule has 1 heterocycles.